The number of quaternary nitrogens is 1. The molecule has 12 heteroatoms. The van der Waals surface area contributed by atoms with E-state index >= 15 is 0 Å². The number of piperazine rings is 2. The fourth-order valence-electron chi connectivity index (χ4n) is 5.61. The Morgan fingerprint density at radius 3 is 2.09 bits per heavy atom. The zero-order valence-electron chi connectivity index (χ0n) is 27.2. The van der Waals surface area contributed by atoms with Crippen molar-refractivity contribution in [2.24, 2.45) is 0 Å². The molecule has 2 aliphatic rings. The smallest absolute Gasteiger partial charge is 0.430 e. The normalized spacial score (nSPS) is 16.9. The molecule has 0 radical (unpaired) electrons. The Morgan fingerprint density at radius 1 is 0.872 bits per heavy atom. The largest absolute Gasteiger partial charge is 0.542 e. The van der Waals surface area contributed by atoms with E-state index < -0.39 is 12.1 Å². The number of carboxylic acid groups (broad SMARTS) is 1. The number of hydrogen-bond acceptors (Lipinski definition) is 7. The number of ether oxygens (including phenoxy) is 1. The zero-order valence-corrected chi connectivity index (χ0v) is 27.2. The lowest BCUT2D eigenvalue weighted by Crippen LogP contribution is -2.54. The molecule has 2 heterocycles. The summed E-state index contributed by atoms with van der Waals surface area (Å²) in [7, 11) is 6.29. The van der Waals surface area contributed by atoms with Crippen molar-refractivity contribution in [3.8, 4) is 16.9 Å². The molecule has 2 fully saturated rings. The van der Waals surface area contributed by atoms with Crippen molar-refractivity contribution in [1.82, 2.24) is 20.4 Å². The Kier molecular flexibility index (Phi) is 12.4. The molecule has 0 aromatic heterocycles. The SMILES string of the molecule is COc1ccc(CNC(=O)c2cccc(CN3CC[N+](C)(C)CC3)c2)cc1-c1cccc(CN2CCNCC2)c1.O=C([O-])C(F)(F)F. The molecule has 0 atom stereocenters. The van der Waals surface area contributed by atoms with E-state index in [0.29, 0.717) is 12.1 Å². The number of aliphatic carboxylic acids is 1. The van der Waals surface area contributed by atoms with Gasteiger partial charge in [0.1, 0.15) is 11.7 Å². The van der Waals surface area contributed by atoms with Crippen molar-refractivity contribution in [3.63, 3.8) is 0 Å². The lowest BCUT2D eigenvalue weighted by molar-refractivity contribution is -0.894. The van der Waals surface area contributed by atoms with Gasteiger partial charge in [-0.05, 0) is 52.6 Å². The summed E-state index contributed by atoms with van der Waals surface area (Å²) in [5.74, 6) is -2.22. The van der Waals surface area contributed by atoms with Gasteiger partial charge in [0, 0.05) is 70.0 Å². The number of carboxylic acids is 1. The number of carbonyl (C=O) groups is 2. The highest BCUT2D eigenvalue weighted by atomic mass is 19.4. The molecule has 3 aromatic rings. The number of hydrogen-bond donors (Lipinski definition) is 2. The van der Waals surface area contributed by atoms with E-state index in [4.69, 9.17) is 14.6 Å². The standard InChI is InChI=1S/C33H43N5O2.C2HF3O2/c1-38(2)18-16-37(17-19-38)25-28-7-5-9-30(21-28)33(39)35-23-26-10-11-32(40-3)31(22-26)29-8-4-6-27(20-29)24-36-14-12-34-13-15-36;3-2(4,5)1(6)7/h4-11,20-22,34H,12-19,23-25H2,1-3H3;(H,6,7). The number of carbonyl (C=O) groups excluding carboxylic acids is 2. The van der Waals surface area contributed by atoms with Crippen molar-refractivity contribution >= 4 is 11.9 Å². The van der Waals surface area contributed by atoms with Crippen molar-refractivity contribution in [2.75, 3.05) is 73.6 Å². The molecule has 9 nitrogen and oxygen atoms in total. The number of alkyl halides is 3. The lowest BCUT2D eigenvalue weighted by Gasteiger charge is -2.39. The molecule has 3 aromatic carbocycles. The molecule has 2 aliphatic heterocycles. The van der Waals surface area contributed by atoms with Crippen LogP contribution in [0, 0.1) is 0 Å². The monoisotopic (exact) mass is 655 g/mol. The summed E-state index contributed by atoms with van der Waals surface area (Å²) in [6.07, 6.45) is -5.19. The van der Waals surface area contributed by atoms with E-state index in [9.17, 15) is 18.0 Å². The summed E-state index contributed by atoms with van der Waals surface area (Å²) in [6, 6.07) is 22.9. The first-order valence-corrected chi connectivity index (χ1v) is 15.7. The van der Waals surface area contributed by atoms with Crippen LogP contribution in [0.3, 0.4) is 0 Å². The Bertz CT molecular complexity index is 1500. The molecule has 0 aliphatic carbocycles. The summed E-state index contributed by atoms with van der Waals surface area (Å²) in [4.78, 5) is 26.9. The van der Waals surface area contributed by atoms with Crippen molar-refractivity contribution < 1.29 is 37.1 Å². The van der Waals surface area contributed by atoms with Crippen molar-refractivity contribution in [1.29, 1.82) is 0 Å². The van der Waals surface area contributed by atoms with E-state index in [0.717, 1.165) is 92.4 Å². The highest BCUT2D eigenvalue weighted by molar-refractivity contribution is 5.94. The van der Waals surface area contributed by atoms with Crippen LogP contribution in [-0.4, -0.2) is 106 Å². The van der Waals surface area contributed by atoms with Crippen LogP contribution in [0.4, 0.5) is 13.2 Å². The maximum atomic E-state index is 13.1. The molecule has 254 valence electrons. The van der Waals surface area contributed by atoms with Crippen molar-refractivity contribution in [2.45, 2.75) is 25.8 Å². The lowest BCUT2D eigenvalue weighted by atomic mass is 9.99. The number of methoxy groups -OCH3 is 1. The van der Waals surface area contributed by atoms with Crippen molar-refractivity contribution in [3.05, 3.63) is 89.0 Å². The van der Waals surface area contributed by atoms with E-state index in [-0.39, 0.29) is 5.91 Å². The molecule has 5 rings (SSSR count). The average Bonchev–Trinajstić information content (AvgIpc) is 3.05. The minimum absolute atomic E-state index is 0.0475. The van der Waals surface area contributed by atoms with E-state index in [1.807, 2.05) is 30.3 Å². The molecule has 1 amide bonds. The molecule has 0 bridgehead atoms. The summed E-state index contributed by atoms with van der Waals surface area (Å²) in [5, 5.41) is 15.3. The fraction of sp³-hybridized carbons (Fsp3) is 0.429. The molecule has 2 N–H and O–H groups in total. The van der Waals surface area contributed by atoms with Gasteiger partial charge in [-0.2, -0.15) is 13.2 Å². The number of benzene rings is 3. The van der Waals surface area contributed by atoms with Gasteiger partial charge in [0.05, 0.1) is 34.3 Å². The molecule has 0 unspecified atom stereocenters. The predicted octanol–water partition coefficient (Wildman–Crippen LogP) is 2.89. The maximum Gasteiger partial charge on any atom is 0.430 e. The van der Waals surface area contributed by atoms with Crippen LogP contribution in [-0.2, 0) is 24.4 Å². The minimum atomic E-state index is -5.19. The molecular weight excluding hydrogens is 611 g/mol. The maximum absolute atomic E-state index is 13.1. The Labute approximate surface area is 274 Å². The topological polar surface area (TPSA) is 97.0 Å². The molecule has 2 saturated heterocycles. The van der Waals surface area contributed by atoms with E-state index in [1.54, 1.807) is 7.11 Å². The minimum Gasteiger partial charge on any atom is -0.542 e. The summed E-state index contributed by atoms with van der Waals surface area (Å²) < 4.78 is 38.3. The number of amides is 1. The van der Waals surface area contributed by atoms with Crippen LogP contribution in [0.1, 0.15) is 27.0 Å². The Morgan fingerprint density at radius 2 is 1.47 bits per heavy atom. The molecular formula is C35H44F3N5O4. The summed E-state index contributed by atoms with van der Waals surface area (Å²) in [6.45, 7) is 11.0. The van der Waals surface area contributed by atoms with E-state index in [1.165, 1.54) is 11.1 Å². The fourth-order valence-corrected chi connectivity index (χ4v) is 5.61. The second kappa shape index (κ2) is 16.2. The van der Waals surface area contributed by atoms with Gasteiger partial charge in [0.2, 0.25) is 0 Å². The van der Waals surface area contributed by atoms with Crippen LogP contribution in [0.5, 0.6) is 5.75 Å². The van der Waals surface area contributed by atoms with Crippen LogP contribution in [0.25, 0.3) is 11.1 Å². The highest BCUT2D eigenvalue weighted by Crippen LogP contribution is 2.32. The van der Waals surface area contributed by atoms with Gasteiger partial charge in [0.25, 0.3) is 5.91 Å². The molecule has 0 saturated carbocycles. The zero-order chi connectivity index (χ0) is 34.0. The van der Waals surface area contributed by atoms with Crippen LogP contribution in [0.2, 0.25) is 0 Å². The quantitative estimate of drug-likeness (QED) is 0.343. The first-order valence-electron chi connectivity index (χ1n) is 15.7. The molecule has 47 heavy (non-hydrogen) atoms. The van der Waals surface area contributed by atoms with E-state index in [2.05, 4.69) is 70.9 Å². The summed E-state index contributed by atoms with van der Waals surface area (Å²) >= 11 is 0. The van der Waals surface area contributed by atoms with Gasteiger partial charge in [-0.3, -0.25) is 14.6 Å². The van der Waals surface area contributed by atoms with Gasteiger partial charge in [-0.25, -0.2) is 0 Å². The first kappa shape index (κ1) is 35.9. The number of nitrogens with one attached hydrogen (secondary N) is 2. The van der Waals surface area contributed by atoms with Crippen LogP contribution < -0.4 is 20.5 Å². The predicted molar refractivity (Wildman–Crippen MR) is 172 cm³/mol. The van der Waals surface area contributed by atoms with Crippen LogP contribution in [0.15, 0.2) is 66.7 Å². The third kappa shape index (κ3) is 11.1. The number of halogens is 3. The average molecular weight is 656 g/mol. The van der Waals surface area contributed by atoms with Gasteiger partial charge in [0.15, 0.2) is 0 Å². The Hall–Kier alpha value is -3.97. The van der Waals surface area contributed by atoms with Gasteiger partial charge in [-0.1, -0.05) is 36.4 Å². The highest BCUT2D eigenvalue weighted by Gasteiger charge is 2.29. The second-order valence-corrected chi connectivity index (χ2v) is 12.6. The third-order valence-corrected chi connectivity index (χ3v) is 8.44. The second-order valence-electron chi connectivity index (χ2n) is 12.6. The number of nitrogens with zero attached hydrogens (tertiary/aromatic N) is 3. The third-order valence-electron chi connectivity index (χ3n) is 8.44. The number of rotatable bonds is 9. The van der Waals surface area contributed by atoms with Gasteiger partial charge >= 0.3 is 6.18 Å². The Balaban J connectivity index is 0.000000644. The van der Waals surface area contributed by atoms with Crippen LogP contribution >= 0.6 is 0 Å². The van der Waals surface area contributed by atoms with Gasteiger partial charge in [-0.15, -0.1) is 0 Å². The number of likely N-dealkylation sites (N-methyl/N-ethyl adjacent to an activating group) is 1. The molecule has 0 spiro atoms. The van der Waals surface area contributed by atoms with Gasteiger partial charge < -0.3 is 29.8 Å². The first-order chi connectivity index (χ1) is 22.3. The summed E-state index contributed by atoms with van der Waals surface area (Å²) in [5.41, 5.74) is 6.41.